The van der Waals surface area contributed by atoms with Crippen LogP contribution in [0.1, 0.15) is 0 Å². The highest BCUT2D eigenvalue weighted by molar-refractivity contribution is 6.30. The number of rotatable bonds is 2. The molecule has 19 heavy (non-hydrogen) atoms. The van der Waals surface area contributed by atoms with E-state index in [1.165, 1.54) is 16.8 Å². The van der Waals surface area contributed by atoms with E-state index in [2.05, 4.69) is 15.2 Å². The monoisotopic (exact) mass is 277 g/mol. The van der Waals surface area contributed by atoms with Crippen molar-refractivity contribution in [2.24, 2.45) is 0 Å². The Labute approximate surface area is 111 Å². The maximum atomic E-state index is 11.3. The Hall–Kier alpha value is -2.54. The molecule has 96 valence electrons. The number of benzene rings is 1. The molecule has 3 N–H and O–H groups in total. The smallest absolute Gasteiger partial charge is 0.348 e. The van der Waals surface area contributed by atoms with Crippen molar-refractivity contribution in [2.75, 3.05) is 5.73 Å². The van der Waals surface area contributed by atoms with Gasteiger partial charge in [0, 0.05) is 17.2 Å². The third kappa shape index (κ3) is 2.11. The number of nitrogens with zero attached hydrogens (tertiary/aromatic N) is 3. The van der Waals surface area contributed by atoms with Crippen LogP contribution in [0.15, 0.2) is 35.4 Å². The summed E-state index contributed by atoms with van der Waals surface area (Å²) in [5, 5.41) is 6.61. The minimum Gasteiger partial charge on any atom is -0.437 e. The summed E-state index contributed by atoms with van der Waals surface area (Å²) in [6.07, 6.45) is 1.32. The van der Waals surface area contributed by atoms with Gasteiger partial charge < -0.3 is 10.5 Å². The van der Waals surface area contributed by atoms with Crippen LogP contribution in [0.5, 0.6) is 11.6 Å². The van der Waals surface area contributed by atoms with E-state index in [4.69, 9.17) is 22.1 Å². The fourth-order valence-corrected chi connectivity index (χ4v) is 1.72. The van der Waals surface area contributed by atoms with Crippen molar-refractivity contribution >= 4 is 22.9 Å². The van der Waals surface area contributed by atoms with E-state index in [0.717, 1.165) is 0 Å². The van der Waals surface area contributed by atoms with Crippen LogP contribution in [0.4, 0.5) is 5.69 Å². The summed E-state index contributed by atoms with van der Waals surface area (Å²) >= 11 is 5.86. The largest absolute Gasteiger partial charge is 0.437 e. The molecule has 8 heteroatoms. The summed E-state index contributed by atoms with van der Waals surface area (Å²) in [4.78, 5) is 15.3. The van der Waals surface area contributed by atoms with Crippen molar-refractivity contribution in [1.82, 2.24) is 19.6 Å². The van der Waals surface area contributed by atoms with Crippen molar-refractivity contribution in [3.63, 3.8) is 0 Å². The van der Waals surface area contributed by atoms with Gasteiger partial charge in [0.1, 0.15) is 6.33 Å². The fourth-order valence-electron chi connectivity index (χ4n) is 1.56. The summed E-state index contributed by atoms with van der Waals surface area (Å²) in [6, 6.07) is 6.39. The number of fused-ring (bicyclic) bond motifs is 1. The second-order valence-corrected chi connectivity index (χ2v) is 4.20. The van der Waals surface area contributed by atoms with Gasteiger partial charge in [-0.25, -0.2) is 19.3 Å². The number of aromatic nitrogens is 4. The quantitative estimate of drug-likeness (QED) is 0.691. The second-order valence-electron chi connectivity index (χ2n) is 3.77. The van der Waals surface area contributed by atoms with Gasteiger partial charge in [0.15, 0.2) is 11.4 Å². The number of hydrogen-bond acceptors (Lipinski definition) is 5. The Morgan fingerprint density at radius 1 is 1.37 bits per heavy atom. The lowest BCUT2D eigenvalue weighted by atomic mass is 10.3. The number of nitrogens with two attached hydrogens (primary N) is 1. The van der Waals surface area contributed by atoms with Crippen molar-refractivity contribution in [2.45, 2.75) is 0 Å². The average molecular weight is 278 g/mol. The summed E-state index contributed by atoms with van der Waals surface area (Å²) in [5.74, 6) is 0.655. The van der Waals surface area contributed by atoms with E-state index in [1.54, 1.807) is 18.2 Å². The number of nitrogens with one attached hydrogen (secondary N) is 1. The molecule has 0 amide bonds. The number of aromatic amines is 1. The number of hydrogen-bond donors (Lipinski definition) is 2. The highest BCUT2D eigenvalue weighted by atomic mass is 35.5. The predicted molar refractivity (Wildman–Crippen MR) is 69.5 cm³/mol. The van der Waals surface area contributed by atoms with Gasteiger partial charge in [-0.3, -0.25) is 0 Å². The summed E-state index contributed by atoms with van der Waals surface area (Å²) in [6.45, 7) is 0. The molecule has 3 aromatic rings. The summed E-state index contributed by atoms with van der Waals surface area (Å²) in [7, 11) is 0. The van der Waals surface area contributed by atoms with Gasteiger partial charge in [-0.15, -0.1) is 0 Å². The Balaban J connectivity index is 2.01. The van der Waals surface area contributed by atoms with Crippen LogP contribution in [0.25, 0.3) is 5.65 Å². The van der Waals surface area contributed by atoms with Crippen molar-refractivity contribution in [3.05, 3.63) is 46.1 Å². The van der Waals surface area contributed by atoms with Gasteiger partial charge in [0.2, 0.25) is 5.88 Å². The van der Waals surface area contributed by atoms with Gasteiger partial charge in [0.05, 0.1) is 5.69 Å². The highest BCUT2D eigenvalue weighted by Crippen LogP contribution is 2.29. The molecule has 0 aliphatic carbocycles. The minimum atomic E-state index is -0.365. The molecule has 3 rings (SSSR count). The van der Waals surface area contributed by atoms with Gasteiger partial charge in [0.25, 0.3) is 0 Å². The van der Waals surface area contributed by atoms with Gasteiger partial charge >= 0.3 is 5.69 Å². The molecular formula is C11H8ClN5O2. The van der Waals surface area contributed by atoms with E-state index in [1.807, 2.05) is 0 Å². The predicted octanol–water partition coefficient (Wildman–Crippen LogP) is 1.45. The molecular weight excluding hydrogens is 270 g/mol. The molecule has 0 radical (unpaired) electrons. The first-order valence-corrected chi connectivity index (χ1v) is 5.67. The first-order chi connectivity index (χ1) is 9.13. The lowest BCUT2D eigenvalue weighted by Crippen LogP contribution is -2.09. The number of anilines is 1. The molecule has 0 bridgehead atoms. The average Bonchev–Trinajstić information content (AvgIpc) is 2.75. The normalized spacial score (nSPS) is 10.8. The molecule has 7 nitrogen and oxygen atoms in total. The third-order valence-corrected chi connectivity index (χ3v) is 2.71. The van der Waals surface area contributed by atoms with E-state index in [-0.39, 0.29) is 11.6 Å². The zero-order valence-corrected chi connectivity index (χ0v) is 10.3. The number of H-pyrrole nitrogens is 1. The van der Waals surface area contributed by atoms with Crippen LogP contribution >= 0.6 is 11.6 Å². The standard InChI is InChI=1S/C11H8ClN5O2/c12-6-1-2-7(13)8(3-6)19-10-4-9-15-16-11(18)17(9)5-14-10/h1-5H,13H2,(H,16,18). The van der Waals surface area contributed by atoms with Gasteiger partial charge in [-0.05, 0) is 12.1 Å². The molecule has 2 heterocycles. The zero-order valence-electron chi connectivity index (χ0n) is 9.50. The molecule has 2 aromatic heterocycles. The Morgan fingerprint density at radius 2 is 2.21 bits per heavy atom. The first kappa shape index (κ1) is 11.5. The van der Waals surface area contributed by atoms with Crippen LogP contribution in [0, 0.1) is 0 Å². The van der Waals surface area contributed by atoms with Crippen LogP contribution in [0.2, 0.25) is 5.02 Å². The third-order valence-electron chi connectivity index (χ3n) is 2.47. The minimum absolute atomic E-state index is 0.264. The van der Waals surface area contributed by atoms with Gasteiger partial charge in [-0.1, -0.05) is 11.6 Å². The van der Waals surface area contributed by atoms with Crippen LogP contribution in [-0.4, -0.2) is 19.6 Å². The van der Waals surface area contributed by atoms with E-state index < -0.39 is 0 Å². The Kier molecular flexibility index (Phi) is 2.60. The summed E-state index contributed by atoms with van der Waals surface area (Å²) < 4.78 is 6.78. The number of halogens is 1. The maximum absolute atomic E-state index is 11.3. The zero-order chi connectivity index (χ0) is 13.4. The molecule has 0 saturated carbocycles. The molecule has 1 aromatic carbocycles. The van der Waals surface area contributed by atoms with E-state index in [9.17, 15) is 4.79 Å². The van der Waals surface area contributed by atoms with Crippen LogP contribution < -0.4 is 16.2 Å². The molecule has 0 aliphatic rings. The Morgan fingerprint density at radius 3 is 3.05 bits per heavy atom. The molecule has 0 aliphatic heterocycles. The maximum Gasteiger partial charge on any atom is 0.348 e. The first-order valence-electron chi connectivity index (χ1n) is 5.29. The highest BCUT2D eigenvalue weighted by Gasteiger charge is 2.07. The lowest BCUT2D eigenvalue weighted by Gasteiger charge is -2.07. The molecule has 0 atom stereocenters. The molecule has 0 saturated heterocycles. The van der Waals surface area contributed by atoms with Crippen LogP contribution in [-0.2, 0) is 0 Å². The molecule has 0 spiro atoms. The van der Waals surface area contributed by atoms with Crippen molar-refractivity contribution in [3.8, 4) is 11.6 Å². The van der Waals surface area contributed by atoms with E-state index in [0.29, 0.717) is 22.1 Å². The number of nitrogen functional groups attached to an aromatic ring is 1. The van der Waals surface area contributed by atoms with Crippen molar-refractivity contribution in [1.29, 1.82) is 0 Å². The van der Waals surface area contributed by atoms with Gasteiger partial charge in [-0.2, -0.15) is 5.10 Å². The summed E-state index contributed by atoms with van der Waals surface area (Å²) in [5.41, 5.74) is 6.24. The Bertz CT molecular complexity index is 810. The van der Waals surface area contributed by atoms with Crippen molar-refractivity contribution < 1.29 is 4.74 Å². The topological polar surface area (TPSA) is 98.3 Å². The molecule has 0 fully saturated rings. The lowest BCUT2D eigenvalue weighted by molar-refractivity contribution is 0.464. The SMILES string of the molecule is Nc1ccc(Cl)cc1Oc1cc2n[nH]c(=O)n2cn1. The second kappa shape index (κ2) is 4.29. The van der Waals surface area contributed by atoms with E-state index >= 15 is 0 Å². The fraction of sp³-hybridized carbons (Fsp3) is 0. The number of ether oxygens (including phenoxy) is 1. The van der Waals surface area contributed by atoms with Crippen LogP contribution in [0.3, 0.4) is 0 Å². The molecule has 0 unspecified atom stereocenters.